The molecule has 0 saturated carbocycles. The van der Waals surface area contributed by atoms with Crippen LogP contribution in [0.4, 0.5) is 0 Å². The highest BCUT2D eigenvalue weighted by Crippen LogP contribution is 2.52. The van der Waals surface area contributed by atoms with Crippen LogP contribution in [-0.4, -0.2) is 29.4 Å². The number of allylic oxidation sites excluding steroid dienone is 17. The van der Waals surface area contributed by atoms with Crippen LogP contribution in [0.5, 0.6) is 0 Å². The number of fused-ring (bicyclic) bond motifs is 10. The molecule has 4 unspecified atom stereocenters. The van der Waals surface area contributed by atoms with Gasteiger partial charge in [0.05, 0.1) is 0 Å². The van der Waals surface area contributed by atoms with Crippen LogP contribution in [0, 0.1) is 23.2 Å². The molecular formula is C42H48O5. The number of ketones is 4. The van der Waals surface area contributed by atoms with Crippen LogP contribution >= 0.6 is 0 Å². The van der Waals surface area contributed by atoms with Gasteiger partial charge in [-0.05, 0) is 134 Å². The highest BCUT2D eigenvalue weighted by Gasteiger charge is 2.47. The topological polar surface area (TPSA) is 85.3 Å². The Kier molecular flexibility index (Phi) is 10.5. The molecule has 6 bridgehead atoms. The predicted octanol–water partition coefficient (Wildman–Crippen LogP) is 8.70. The number of Topliss-reactive ketones (excluding diaryl/α,β-unsaturated/α-hetero) is 1. The second-order valence-electron chi connectivity index (χ2n) is 14.6. The Morgan fingerprint density at radius 1 is 0.809 bits per heavy atom. The van der Waals surface area contributed by atoms with Crippen LogP contribution in [0.2, 0.25) is 0 Å². The molecule has 0 radical (unpaired) electrons. The maximum atomic E-state index is 14.1. The predicted molar refractivity (Wildman–Crippen MR) is 186 cm³/mol. The molecule has 4 atom stereocenters. The molecule has 0 N–H and O–H groups in total. The van der Waals surface area contributed by atoms with E-state index >= 15 is 0 Å². The van der Waals surface area contributed by atoms with E-state index in [4.69, 9.17) is 0 Å². The summed E-state index contributed by atoms with van der Waals surface area (Å²) in [4.78, 5) is 66.6. The van der Waals surface area contributed by atoms with Gasteiger partial charge < -0.3 is 4.79 Å². The zero-order chi connectivity index (χ0) is 33.9. The summed E-state index contributed by atoms with van der Waals surface area (Å²) in [5, 5.41) is 0. The molecule has 5 heteroatoms. The molecule has 6 aliphatic carbocycles. The second kappa shape index (κ2) is 14.4. The van der Waals surface area contributed by atoms with Gasteiger partial charge in [0.2, 0.25) is 0 Å². The van der Waals surface area contributed by atoms with E-state index in [-0.39, 0.29) is 40.9 Å². The van der Waals surface area contributed by atoms with Crippen molar-refractivity contribution in [3.05, 3.63) is 105 Å². The summed E-state index contributed by atoms with van der Waals surface area (Å²) in [5.41, 5.74) is 6.75. The summed E-state index contributed by atoms with van der Waals surface area (Å²) >= 11 is 0. The number of rotatable bonds is 2. The molecular weight excluding hydrogens is 584 g/mol. The third-order valence-electron chi connectivity index (χ3n) is 11.0. The summed E-state index contributed by atoms with van der Waals surface area (Å²) in [6, 6.07) is 0. The Morgan fingerprint density at radius 2 is 1.53 bits per heavy atom. The zero-order valence-corrected chi connectivity index (χ0v) is 28.5. The first-order valence-corrected chi connectivity index (χ1v) is 17.2. The average Bonchev–Trinajstić information content (AvgIpc) is 3.01. The van der Waals surface area contributed by atoms with Crippen molar-refractivity contribution in [2.24, 2.45) is 23.2 Å². The van der Waals surface area contributed by atoms with E-state index in [1.807, 2.05) is 26.8 Å². The molecule has 47 heavy (non-hydrogen) atoms. The lowest BCUT2D eigenvalue weighted by Gasteiger charge is -2.46. The van der Waals surface area contributed by atoms with Crippen molar-refractivity contribution in [2.45, 2.75) is 98.3 Å². The average molecular weight is 633 g/mol. The Hall–Kier alpha value is -3.99. The molecule has 0 aromatic rings. The number of carbonyl (C=O) groups excluding carboxylic acids is 5. The van der Waals surface area contributed by atoms with E-state index in [0.717, 1.165) is 48.7 Å². The van der Waals surface area contributed by atoms with Gasteiger partial charge in [-0.2, -0.15) is 0 Å². The van der Waals surface area contributed by atoms with Crippen molar-refractivity contribution in [3.8, 4) is 0 Å². The number of carbonyl (C=O) groups is 5. The standard InChI is InChI=1S/C42H48O5/c1-26(2)37-14-12-27(3)9-7-15-42(25-43)34-17-29(5)11-13-31-22-40(46)32(23-39(31)45)16-28(4)8-6-10-30(18-34)19-35(42)20-33-21-36(44)24-38(37)41(33)47/h8-9,11,18,21-25,34-35,37H,1,6-7,10,12-17,19-20H2,2-5H3. The van der Waals surface area contributed by atoms with E-state index in [9.17, 15) is 24.0 Å². The van der Waals surface area contributed by atoms with Crippen LogP contribution in [0.1, 0.15) is 98.3 Å². The SMILES string of the molecule is C=C(C)C1CCC(C)=CCCC2(C=O)C3C=C(CCC=C(C)CC4=CC(=O)C(=CC4=O)CC=C(C)C3)CC2CC2=CC(=O)C=C1C2=O. The fourth-order valence-electron chi connectivity index (χ4n) is 8.25. The molecule has 0 saturated heterocycles. The molecule has 246 valence electrons. The van der Waals surface area contributed by atoms with Crippen molar-refractivity contribution in [3.63, 3.8) is 0 Å². The molecule has 0 spiro atoms. The Bertz CT molecular complexity index is 1660. The Labute approximate surface area is 279 Å². The maximum absolute atomic E-state index is 14.1. The van der Waals surface area contributed by atoms with Gasteiger partial charge in [0.1, 0.15) is 6.29 Å². The van der Waals surface area contributed by atoms with Crippen LogP contribution in [0.3, 0.4) is 0 Å². The van der Waals surface area contributed by atoms with Crippen LogP contribution in [0.25, 0.3) is 0 Å². The van der Waals surface area contributed by atoms with Crippen molar-refractivity contribution in [2.75, 3.05) is 0 Å². The minimum atomic E-state index is -0.743. The molecule has 0 heterocycles. The van der Waals surface area contributed by atoms with Gasteiger partial charge in [-0.25, -0.2) is 0 Å². The Morgan fingerprint density at radius 3 is 2.28 bits per heavy atom. The van der Waals surface area contributed by atoms with E-state index < -0.39 is 5.41 Å². The molecule has 6 rings (SSSR count). The molecule has 0 aliphatic heterocycles. The van der Waals surface area contributed by atoms with Crippen LogP contribution in [0.15, 0.2) is 105 Å². The number of hydrogen-bond acceptors (Lipinski definition) is 5. The molecule has 6 aliphatic rings. The van der Waals surface area contributed by atoms with Crippen molar-refractivity contribution < 1.29 is 24.0 Å². The molecule has 5 nitrogen and oxygen atoms in total. The first-order valence-electron chi connectivity index (χ1n) is 17.2. The Balaban J connectivity index is 1.58. The zero-order valence-electron chi connectivity index (χ0n) is 28.5. The third-order valence-corrected chi connectivity index (χ3v) is 11.0. The van der Waals surface area contributed by atoms with Gasteiger partial charge in [-0.3, -0.25) is 19.2 Å². The van der Waals surface area contributed by atoms with Gasteiger partial charge in [0.15, 0.2) is 23.1 Å². The van der Waals surface area contributed by atoms with E-state index in [1.165, 1.54) is 35.5 Å². The summed E-state index contributed by atoms with van der Waals surface area (Å²) < 4.78 is 0. The second-order valence-corrected chi connectivity index (χ2v) is 14.6. The fraction of sp³-hybridized carbons (Fsp3) is 0.452. The van der Waals surface area contributed by atoms with Crippen LogP contribution < -0.4 is 0 Å². The maximum Gasteiger partial charge on any atom is 0.185 e. The highest BCUT2D eigenvalue weighted by atomic mass is 16.1. The van der Waals surface area contributed by atoms with E-state index in [1.54, 1.807) is 0 Å². The minimum Gasteiger partial charge on any atom is -0.303 e. The largest absolute Gasteiger partial charge is 0.303 e. The molecule has 0 aromatic carbocycles. The fourth-order valence-corrected chi connectivity index (χ4v) is 8.25. The van der Waals surface area contributed by atoms with Gasteiger partial charge in [0.25, 0.3) is 0 Å². The van der Waals surface area contributed by atoms with E-state index in [2.05, 4.69) is 31.7 Å². The van der Waals surface area contributed by atoms with E-state index in [0.29, 0.717) is 67.2 Å². The van der Waals surface area contributed by atoms with Gasteiger partial charge >= 0.3 is 0 Å². The van der Waals surface area contributed by atoms with Gasteiger partial charge in [0, 0.05) is 33.6 Å². The number of aldehydes is 1. The summed E-state index contributed by atoms with van der Waals surface area (Å²) in [6.45, 7) is 12.2. The quantitative estimate of drug-likeness (QED) is 0.173. The first kappa shape index (κ1) is 34.3. The highest BCUT2D eigenvalue weighted by molar-refractivity contribution is 6.21. The first-order chi connectivity index (χ1) is 22.4. The molecule has 0 fully saturated rings. The molecule has 0 aromatic heterocycles. The normalized spacial score (nSPS) is 29.6. The lowest BCUT2D eigenvalue weighted by atomic mass is 9.56. The van der Waals surface area contributed by atoms with Gasteiger partial charge in [-0.15, -0.1) is 0 Å². The summed E-state index contributed by atoms with van der Waals surface area (Å²) in [7, 11) is 0. The van der Waals surface area contributed by atoms with Crippen molar-refractivity contribution >= 4 is 29.4 Å². The smallest absolute Gasteiger partial charge is 0.185 e. The van der Waals surface area contributed by atoms with Crippen molar-refractivity contribution in [1.82, 2.24) is 0 Å². The third kappa shape index (κ3) is 7.61. The summed E-state index contributed by atoms with van der Waals surface area (Å²) in [6.07, 6.45) is 22.8. The lowest BCUT2D eigenvalue weighted by Crippen LogP contribution is -2.43. The molecule has 0 amide bonds. The summed E-state index contributed by atoms with van der Waals surface area (Å²) in [5.74, 6) is -0.931. The van der Waals surface area contributed by atoms with Gasteiger partial charge in [-0.1, -0.05) is 58.7 Å². The van der Waals surface area contributed by atoms with Crippen LogP contribution in [-0.2, 0) is 24.0 Å². The minimum absolute atomic E-state index is 0.0909. The van der Waals surface area contributed by atoms with Crippen molar-refractivity contribution in [1.29, 1.82) is 0 Å². The number of hydrogen-bond donors (Lipinski definition) is 0. The lowest BCUT2D eigenvalue weighted by molar-refractivity contribution is -0.123. The monoisotopic (exact) mass is 632 g/mol.